The van der Waals surface area contributed by atoms with Crippen LogP contribution < -0.4 is 10.1 Å². The third-order valence-electron chi connectivity index (χ3n) is 3.55. The first-order valence-corrected chi connectivity index (χ1v) is 8.19. The number of thiophene rings is 1. The highest BCUT2D eigenvalue weighted by molar-refractivity contribution is 7.16. The number of hydrogen-bond acceptors (Lipinski definition) is 5. The average Bonchev–Trinajstić information content (AvgIpc) is 3.10. The van der Waals surface area contributed by atoms with E-state index in [-0.39, 0.29) is 10.9 Å². The normalized spacial score (nSPS) is 10.9. The first-order valence-electron chi connectivity index (χ1n) is 7.37. The van der Waals surface area contributed by atoms with Gasteiger partial charge in [0, 0.05) is 33.5 Å². The number of amides is 1. The Balaban J connectivity index is 1.80. The summed E-state index contributed by atoms with van der Waals surface area (Å²) >= 11 is 1.01. The fourth-order valence-electron chi connectivity index (χ4n) is 2.42. The van der Waals surface area contributed by atoms with Gasteiger partial charge in [0.25, 0.3) is 0 Å². The van der Waals surface area contributed by atoms with Crippen molar-refractivity contribution in [3.05, 3.63) is 69.6 Å². The van der Waals surface area contributed by atoms with Crippen LogP contribution in [0.5, 0.6) is 5.75 Å². The molecule has 0 aliphatic rings. The molecule has 25 heavy (non-hydrogen) atoms. The SMILES string of the molecule is COc1ccc(NC(=O)/C=C/c2ccc([N+](=O)[O-])s2)c2ccccc12. The van der Waals surface area contributed by atoms with Gasteiger partial charge in [0.2, 0.25) is 5.91 Å². The zero-order valence-corrected chi connectivity index (χ0v) is 14.1. The highest BCUT2D eigenvalue weighted by Crippen LogP contribution is 2.31. The number of carbonyl (C=O) groups excluding carboxylic acids is 1. The summed E-state index contributed by atoms with van der Waals surface area (Å²) in [6.45, 7) is 0. The molecule has 0 radical (unpaired) electrons. The van der Waals surface area contributed by atoms with E-state index in [4.69, 9.17) is 4.74 Å². The predicted octanol–water partition coefficient (Wildman–Crippen LogP) is 4.47. The van der Waals surface area contributed by atoms with E-state index >= 15 is 0 Å². The summed E-state index contributed by atoms with van der Waals surface area (Å²) in [6, 6.07) is 14.2. The molecule has 0 spiro atoms. The topological polar surface area (TPSA) is 81.5 Å². The Morgan fingerprint density at radius 2 is 1.92 bits per heavy atom. The van der Waals surface area contributed by atoms with Crippen molar-refractivity contribution in [3.63, 3.8) is 0 Å². The molecule has 3 rings (SSSR count). The van der Waals surface area contributed by atoms with Gasteiger partial charge in [0.05, 0.1) is 12.0 Å². The van der Waals surface area contributed by atoms with Crippen molar-refractivity contribution >= 4 is 44.8 Å². The van der Waals surface area contributed by atoms with Gasteiger partial charge in [-0.1, -0.05) is 35.6 Å². The Kier molecular flexibility index (Phi) is 4.76. The number of methoxy groups -OCH3 is 1. The van der Waals surface area contributed by atoms with E-state index in [1.54, 1.807) is 31.4 Å². The second-order valence-corrected chi connectivity index (χ2v) is 6.21. The van der Waals surface area contributed by atoms with Gasteiger partial charge in [-0.25, -0.2) is 0 Å². The molecular formula is C18H14N2O4S. The van der Waals surface area contributed by atoms with Crippen LogP contribution in [0.25, 0.3) is 16.8 Å². The summed E-state index contributed by atoms with van der Waals surface area (Å²) in [5.74, 6) is 0.418. The molecular weight excluding hydrogens is 340 g/mol. The molecule has 0 aliphatic heterocycles. The summed E-state index contributed by atoms with van der Waals surface area (Å²) in [6.07, 6.45) is 2.91. The highest BCUT2D eigenvalue weighted by atomic mass is 32.1. The van der Waals surface area contributed by atoms with Gasteiger partial charge in [0.1, 0.15) is 5.75 Å². The molecule has 1 aromatic heterocycles. The lowest BCUT2D eigenvalue weighted by Crippen LogP contribution is -2.08. The minimum Gasteiger partial charge on any atom is -0.496 e. The van der Waals surface area contributed by atoms with Crippen LogP contribution >= 0.6 is 11.3 Å². The number of anilines is 1. The van der Waals surface area contributed by atoms with Crippen LogP contribution in [0.2, 0.25) is 0 Å². The van der Waals surface area contributed by atoms with Crippen LogP contribution in [-0.2, 0) is 4.79 Å². The largest absolute Gasteiger partial charge is 0.496 e. The smallest absolute Gasteiger partial charge is 0.324 e. The van der Waals surface area contributed by atoms with Crippen molar-refractivity contribution in [2.45, 2.75) is 0 Å². The molecule has 1 heterocycles. The van der Waals surface area contributed by atoms with Crippen molar-refractivity contribution in [1.82, 2.24) is 0 Å². The van der Waals surface area contributed by atoms with Crippen LogP contribution in [0.15, 0.2) is 54.6 Å². The van der Waals surface area contributed by atoms with Gasteiger partial charge >= 0.3 is 5.00 Å². The van der Waals surface area contributed by atoms with Crippen molar-refractivity contribution in [2.24, 2.45) is 0 Å². The zero-order valence-electron chi connectivity index (χ0n) is 13.3. The zero-order chi connectivity index (χ0) is 17.8. The van der Waals surface area contributed by atoms with Crippen LogP contribution in [0.3, 0.4) is 0 Å². The molecule has 3 aromatic rings. The molecule has 0 aliphatic carbocycles. The Morgan fingerprint density at radius 1 is 1.16 bits per heavy atom. The van der Waals surface area contributed by atoms with Crippen molar-refractivity contribution in [2.75, 3.05) is 12.4 Å². The van der Waals surface area contributed by atoms with Crippen LogP contribution in [0.4, 0.5) is 10.7 Å². The third-order valence-corrected chi connectivity index (χ3v) is 4.56. The van der Waals surface area contributed by atoms with Gasteiger partial charge in [0.15, 0.2) is 0 Å². The second kappa shape index (κ2) is 7.14. The van der Waals surface area contributed by atoms with Gasteiger partial charge in [-0.2, -0.15) is 0 Å². The Bertz CT molecular complexity index is 978. The lowest BCUT2D eigenvalue weighted by molar-refractivity contribution is -0.380. The molecule has 7 heteroatoms. The molecule has 0 fully saturated rings. The molecule has 2 aromatic carbocycles. The van der Waals surface area contributed by atoms with Crippen LogP contribution in [-0.4, -0.2) is 17.9 Å². The molecule has 126 valence electrons. The average molecular weight is 354 g/mol. The fraction of sp³-hybridized carbons (Fsp3) is 0.0556. The molecule has 0 atom stereocenters. The Morgan fingerprint density at radius 3 is 2.60 bits per heavy atom. The van der Waals surface area contributed by atoms with Crippen molar-refractivity contribution in [1.29, 1.82) is 0 Å². The molecule has 0 bridgehead atoms. The number of hydrogen-bond donors (Lipinski definition) is 1. The molecule has 0 unspecified atom stereocenters. The number of fused-ring (bicyclic) bond motifs is 1. The van der Waals surface area contributed by atoms with E-state index in [2.05, 4.69) is 5.32 Å². The minimum atomic E-state index is -0.453. The number of nitrogens with one attached hydrogen (secondary N) is 1. The summed E-state index contributed by atoms with van der Waals surface area (Å²) in [4.78, 5) is 23.0. The maximum absolute atomic E-state index is 12.2. The molecule has 1 N–H and O–H groups in total. The van der Waals surface area contributed by atoms with Crippen LogP contribution in [0.1, 0.15) is 4.88 Å². The number of nitro groups is 1. The lowest BCUT2D eigenvalue weighted by atomic mass is 10.1. The van der Waals surface area contributed by atoms with E-state index in [1.807, 2.05) is 24.3 Å². The lowest BCUT2D eigenvalue weighted by Gasteiger charge is -2.10. The third kappa shape index (κ3) is 3.67. The summed E-state index contributed by atoms with van der Waals surface area (Å²) in [5.41, 5.74) is 0.670. The van der Waals surface area contributed by atoms with Crippen LogP contribution in [0, 0.1) is 10.1 Å². The number of carbonyl (C=O) groups is 1. The van der Waals surface area contributed by atoms with E-state index < -0.39 is 4.92 Å². The molecule has 6 nitrogen and oxygen atoms in total. The van der Waals surface area contributed by atoms with Crippen molar-refractivity contribution in [3.8, 4) is 5.75 Å². The second-order valence-electron chi connectivity index (χ2n) is 5.12. The summed E-state index contributed by atoms with van der Waals surface area (Å²) in [5, 5.41) is 15.3. The standard InChI is InChI=1S/C18H14N2O4S/c1-24-16-9-8-15(13-4-2-3-5-14(13)16)19-17(21)10-6-12-7-11-18(25-12)20(22)23/h2-11H,1H3,(H,19,21)/b10-6+. The molecule has 0 saturated heterocycles. The first-order chi connectivity index (χ1) is 12.1. The van der Waals surface area contributed by atoms with Crippen molar-refractivity contribution < 1.29 is 14.5 Å². The quantitative estimate of drug-likeness (QED) is 0.416. The van der Waals surface area contributed by atoms with Gasteiger partial charge in [-0.15, -0.1) is 0 Å². The van der Waals surface area contributed by atoms with E-state index in [0.29, 0.717) is 10.6 Å². The maximum Gasteiger partial charge on any atom is 0.324 e. The first kappa shape index (κ1) is 16.7. The molecule has 1 amide bonds. The number of nitrogens with zero attached hydrogens (tertiary/aromatic N) is 1. The Hall–Kier alpha value is -3.19. The van der Waals surface area contributed by atoms with E-state index in [9.17, 15) is 14.9 Å². The van der Waals surface area contributed by atoms with Gasteiger partial charge in [-0.05, 0) is 24.3 Å². The maximum atomic E-state index is 12.2. The van der Waals surface area contributed by atoms with Gasteiger partial charge < -0.3 is 10.1 Å². The van der Waals surface area contributed by atoms with E-state index in [1.165, 1.54) is 12.1 Å². The Labute approximate surface area is 147 Å². The fourth-order valence-corrected chi connectivity index (χ4v) is 3.14. The number of ether oxygens (including phenoxy) is 1. The van der Waals surface area contributed by atoms with E-state index in [0.717, 1.165) is 27.9 Å². The summed E-state index contributed by atoms with van der Waals surface area (Å²) < 4.78 is 5.33. The highest BCUT2D eigenvalue weighted by Gasteiger charge is 2.09. The minimum absolute atomic E-state index is 0.0428. The number of rotatable bonds is 5. The molecule has 0 saturated carbocycles. The van der Waals surface area contributed by atoms with Gasteiger partial charge in [-0.3, -0.25) is 14.9 Å². The predicted molar refractivity (Wildman–Crippen MR) is 99.1 cm³/mol. The number of benzene rings is 2. The summed E-state index contributed by atoms with van der Waals surface area (Å²) in [7, 11) is 1.60. The monoisotopic (exact) mass is 354 g/mol.